The van der Waals surface area contributed by atoms with Gasteiger partial charge in [-0.2, -0.15) is 10.5 Å². The van der Waals surface area contributed by atoms with Crippen molar-refractivity contribution in [3.8, 4) is 17.9 Å². The Labute approximate surface area is 219 Å². The molecule has 8 nitrogen and oxygen atoms in total. The number of aryl methyl sites for hydroxylation is 1. The Balaban J connectivity index is 1.61. The molecule has 0 aromatic heterocycles. The molecule has 2 unspecified atom stereocenters. The monoisotopic (exact) mass is 510 g/mol. The highest BCUT2D eigenvalue weighted by Gasteiger charge is 2.39. The van der Waals surface area contributed by atoms with Crippen LogP contribution in [0.15, 0.2) is 71.7 Å². The van der Waals surface area contributed by atoms with Crippen molar-refractivity contribution in [3.63, 3.8) is 0 Å². The van der Waals surface area contributed by atoms with Crippen LogP contribution in [0.1, 0.15) is 40.3 Å². The Morgan fingerprint density at radius 1 is 1.03 bits per heavy atom. The number of carbonyl (C=O) groups is 2. The number of esters is 1. The molecule has 2 atom stereocenters. The molecule has 3 aromatic carbocycles. The number of hydrogen-bond donors (Lipinski definition) is 1. The summed E-state index contributed by atoms with van der Waals surface area (Å²) in [5.74, 6) is -1.55. The number of rotatable bonds is 8. The molecule has 1 aliphatic heterocycles. The van der Waals surface area contributed by atoms with E-state index in [1.165, 1.54) is 12.1 Å². The van der Waals surface area contributed by atoms with E-state index >= 15 is 0 Å². The smallest absolute Gasteiger partial charge is 0.341 e. The first-order valence-electron chi connectivity index (χ1n) is 11.8. The highest BCUT2D eigenvalue weighted by atomic mass is 19.1. The van der Waals surface area contributed by atoms with Crippen molar-refractivity contribution in [1.82, 2.24) is 5.32 Å². The van der Waals surface area contributed by atoms with E-state index in [0.29, 0.717) is 41.0 Å². The average molecular weight is 511 g/mol. The molecule has 1 heterocycles. The number of carbonyl (C=O) groups excluding carboxylic acids is 2. The molecule has 2 amide bonds. The number of hydrogen-bond acceptors (Lipinski definition) is 6. The van der Waals surface area contributed by atoms with Crippen molar-refractivity contribution in [2.24, 2.45) is 10.9 Å². The second-order valence-corrected chi connectivity index (χ2v) is 8.63. The molecular formula is C29H23FN4O4. The zero-order valence-electron chi connectivity index (χ0n) is 20.5. The SMILES string of the molecule is COc1cccc(CCC2=NC(=O)NC(c3ccc(C#N)cc3)C2C(=O)OCc2ccc(F)c(C#N)c2)c1. The first-order chi connectivity index (χ1) is 18.4. The fourth-order valence-corrected chi connectivity index (χ4v) is 4.26. The van der Waals surface area contributed by atoms with Gasteiger partial charge in [-0.3, -0.25) is 4.79 Å². The van der Waals surface area contributed by atoms with Crippen LogP contribution in [0.2, 0.25) is 0 Å². The lowest BCUT2D eigenvalue weighted by Crippen LogP contribution is -2.45. The second kappa shape index (κ2) is 11.8. The lowest BCUT2D eigenvalue weighted by molar-refractivity contribution is -0.148. The molecule has 0 saturated carbocycles. The van der Waals surface area contributed by atoms with E-state index in [4.69, 9.17) is 20.0 Å². The highest BCUT2D eigenvalue weighted by Crippen LogP contribution is 2.30. The summed E-state index contributed by atoms with van der Waals surface area (Å²) in [4.78, 5) is 30.2. The molecule has 0 aliphatic carbocycles. The van der Waals surface area contributed by atoms with E-state index < -0.39 is 29.8 Å². The fourth-order valence-electron chi connectivity index (χ4n) is 4.26. The quantitative estimate of drug-likeness (QED) is 0.435. The van der Waals surface area contributed by atoms with Gasteiger partial charge in [0.05, 0.1) is 30.3 Å². The molecule has 1 aliphatic rings. The summed E-state index contributed by atoms with van der Waals surface area (Å²) in [6.07, 6.45) is 0.805. The predicted molar refractivity (Wildman–Crippen MR) is 136 cm³/mol. The maximum atomic E-state index is 13.7. The Hall–Kier alpha value is -5.02. The number of amides is 2. The van der Waals surface area contributed by atoms with Crippen molar-refractivity contribution in [2.45, 2.75) is 25.5 Å². The molecule has 190 valence electrons. The number of ether oxygens (including phenoxy) is 2. The number of aliphatic imine (C=N–C) groups is 1. The van der Waals surface area contributed by atoms with Crippen LogP contribution in [0.5, 0.6) is 5.75 Å². The Morgan fingerprint density at radius 2 is 1.82 bits per heavy atom. The van der Waals surface area contributed by atoms with Crippen LogP contribution in [0, 0.1) is 34.4 Å². The molecule has 4 rings (SSSR count). The average Bonchev–Trinajstić information content (AvgIpc) is 2.95. The molecular weight excluding hydrogens is 487 g/mol. The van der Waals surface area contributed by atoms with Gasteiger partial charge in [0.25, 0.3) is 0 Å². The van der Waals surface area contributed by atoms with Crippen molar-refractivity contribution < 1.29 is 23.5 Å². The Bertz CT molecular complexity index is 1470. The summed E-state index contributed by atoms with van der Waals surface area (Å²) in [7, 11) is 1.57. The molecule has 3 aromatic rings. The van der Waals surface area contributed by atoms with Crippen LogP contribution in [0.4, 0.5) is 9.18 Å². The Morgan fingerprint density at radius 3 is 2.53 bits per heavy atom. The van der Waals surface area contributed by atoms with E-state index in [0.717, 1.165) is 11.6 Å². The van der Waals surface area contributed by atoms with Gasteiger partial charge in [0.2, 0.25) is 0 Å². The summed E-state index contributed by atoms with van der Waals surface area (Å²) >= 11 is 0. The minimum atomic E-state index is -0.942. The van der Waals surface area contributed by atoms with Crippen molar-refractivity contribution in [1.29, 1.82) is 10.5 Å². The second-order valence-electron chi connectivity index (χ2n) is 8.63. The number of halogens is 1. The van der Waals surface area contributed by atoms with E-state index in [1.807, 2.05) is 30.3 Å². The molecule has 0 spiro atoms. The molecule has 38 heavy (non-hydrogen) atoms. The largest absolute Gasteiger partial charge is 0.497 e. The van der Waals surface area contributed by atoms with Crippen molar-refractivity contribution in [2.75, 3.05) is 7.11 Å². The standard InChI is InChI=1S/C29H23FN4O4/c1-37-23-4-2-3-18(14-23)8-12-25-26(28(35)38-17-20-7-11-24(30)22(13-20)16-32)27(34-29(36)33-25)21-9-5-19(15-31)6-10-21/h2-7,9-11,13-14,26-27H,8,12,17H2,1H3,(H,34,36). The van der Waals surface area contributed by atoms with Gasteiger partial charge in [-0.25, -0.2) is 14.2 Å². The van der Waals surface area contributed by atoms with Gasteiger partial charge in [0, 0.05) is 5.71 Å². The Kier molecular flexibility index (Phi) is 8.10. The van der Waals surface area contributed by atoms with Crippen LogP contribution < -0.4 is 10.1 Å². The maximum absolute atomic E-state index is 13.7. The third kappa shape index (κ3) is 6.03. The van der Waals surface area contributed by atoms with E-state index in [9.17, 15) is 14.0 Å². The van der Waals surface area contributed by atoms with Crippen LogP contribution in [-0.2, 0) is 22.6 Å². The first-order valence-corrected chi connectivity index (χ1v) is 11.8. The lowest BCUT2D eigenvalue weighted by atomic mass is 9.85. The predicted octanol–water partition coefficient (Wildman–Crippen LogP) is 4.78. The third-order valence-electron chi connectivity index (χ3n) is 6.21. The van der Waals surface area contributed by atoms with Gasteiger partial charge in [0.15, 0.2) is 0 Å². The molecule has 9 heteroatoms. The van der Waals surface area contributed by atoms with E-state index in [2.05, 4.69) is 10.3 Å². The topological polar surface area (TPSA) is 125 Å². The fraction of sp³-hybridized carbons (Fsp3) is 0.207. The van der Waals surface area contributed by atoms with Gasteiger partial charge in [-0.15, -0.1) is 0 Å². The summed E-state index contributed by atoms with van der Waals surface area (Å²) < 4.78 is 24.6. The van der Waals surface area contributed by atoms with Crippen LogP contribution >= 0.6 is 0 Å². The van der Waals surface area contributed by atoms with Gasteiger partial charge < -0.3 is 14.8 Å². The number of urea groups is 1. The van der Waals surface area contributed by atoms with Gasteiger partial charge in [-0.1, -0.05) is 30.3 Å². The molecule has 0 radical (unpaired) electrons. The number of methoxy groups -OCH3 is 1. The minimum Gasteiger partial charge on any atom is -0.497 e. The summed E-state index contributed by atoms with van der Waals surface area (Å²) in [6, 6.07) is 20.4. The van der Waals surface area contributed by atoms with Crippen molar-refractivity contribution >= 4 is 17.7 Å². The van der Waals surface area contributed by atoms with Crippen LogP contribution in [0.3, 0.4) is 0 Å². The zero-order chi connectivity index (χ0) is 27.1. The summed E-state index contributed by atoms with van der Waals surface area (Å²) in [6.45, 7) is -0.193. The maximum Gasteiger partial charge on any atom is 0.341 e. The summed E-state index contributed by atoms with van der Waals surface area (Å²) in [5.41, 5.74) is 2.64. The van der Waals surface area contributed by atoms with Crippen LogP contribution in [0.25, 0.3) is 0 Å². The number of nitriles is 2. The number of nitrogens with one attached hydrogen (secondary N) is 1. The number of benzene rings is 3. The normalized spacial score (nSPS) is 16.4. The van der Waals surface area contributed by atoms with Gasteiger partial charge in [-0.05, 0) is 65.9 Å². The molecule has 0 saturated heterocycles. The molecule has 0 bridgehead atoms. The highest BCUT2D eigenvalue weighted by molar-refractivity contribution is 6.09. The van der Waals surface area contributed by atoms with E-state index in [-0.39, 0.29) is 12.2 Å². The number of nitrogens with zero attached hydrogens (tertiary/aromatic N) is 3. The van der Waals surface area contributed by atoms with Crippen molar-refractivity contribution in [3.05, 3.63) is 100 Å². The molecule has 0 fully saturated rings. The van der Waals surface area contributed by atoms with E-state index in [1.54, 1.807) is 37.4 Å². The first kappa shape index (κ1) is 26.1. The van der Waals surface area contributed by atoms with Gasteiger partial charge in [0.1, 0.15) is 30.2 Å². The lowest BCUT2D eigenvalue weighted by Gasteiger charge is -2.31. The third-order valence-corrected chi connectivity index (χ3v) is 6.21. The molecule has 1 N–H and O–H groups in total. The minimum absolute atomic E-state index is 0.153. The summed E-state index contributed by atoms with van der Waals surface area (Å²) in [5, 5.41) is 21.0. The van der Waals surface area contributed by atoms with Crippen LogP contribution in [-0.4, -0.2) is 24.8 Å². The zero-order valence-corrected chi connectivity index (χ0v) is 20.5. The van der Waals surface area contributed by atoms with Gasteiger partial charge >= 0.3 is 12.0 Å².